The third-order valence-electron chi connectivity index (χ3n) is 3.12. The summed E-state index contributed by atoms with van der Waals surface area (Å²) >= 11 is 0. The van der Waals surface area contributed by atoms with Crippen molar-refractivity contribution in [1.82, 2.24) is 0 Å². The van der Waals surface area contributed by atoms with E-state index in [1.165, 1.54) is 6.26 Å². The van der Waals surface area contributed by atoms with E-state index in [9.17, 15) is 8.42 Å². The van der Waals surface area contributed by atoms with Gasteiger partial charge in [-0.15, -0.1) is 0 Å². The molecule has 0 saturated carbocycles. The Morgan fingerprint density at radius 3 is 2.25 bits per heavy atom. The van der Waals surface area contributed by atoms with Gasteiger partial charge in [-0.2, -0.15) is 0 Å². The van der Waals surface area contributed by atoms with Gasteiger partial charge in [0.2, 0.25) is 0 Å². The Kier molecular flexibility index (Phi) is 4.11. The molecule has 5 heteroatoms. The lowest BCUT2D eigenvalue weighted by Gasteiger charge is -2.14. The molecule has 4 nitrogen and oxygen atoms in total. The van der Waals surface area contributed by atoms with Gasteiger partial charge in [-0.05, 0) is 35.4 Å². The first-order chi connectivity index (χ1) is 9.41. The number of methoxy groups -OCH3 is 1. The molecule has 2 aromatic carbocycles. The lowest BCUT2D eigenvalue weighted by molar-refractivity contribution is 0.414. The van der Waals surface area contributed by atoms with Gasteiger partial charge in [0.15, 0.2) is 9.84 Å². The minimum absolute atomic E-state index is 0.291. The van der Waals surface area contributed by atoms with Crippen molar-refractivity contribution in [3.05, 3.63) is 59.7 Å². The summed E-state index contributed by atoms with van der Waals surface area (Å²) in [6.45, 7) is 0. The van der Waals surface area contributed by atoms with Gasteiger partial charge in [0.25, 0.3) is 0 Å². The average molecular weight is 291 g/mol. The van der Waals surface area contributed by atoms with Gasteiger partial charge in [0, 0.05) is 6.26 Å². The SMILES string of the molecule is COc1cccc(C(N)c2ccc(S(C)(=O)=O)cc2)c1. The lowest BCUT2D eigenvalue weighted by Crippen LogP contribution is -2.12. The van der Waals surface area contributed by atoms with Crippen molar-refractivity contribution >= 4 is 9.84 Å². The predicted molar refractivity (Wildman–Crippen MR) is 78.6 cm³/mol. The first-order valence-electron chi connectivity index (χ1n) is 6.11. The van der Waals surface area contributed by atoms with Crippen LogP contribution in [0.25, 0.3) is 0 Å². The molecule has 0 aromatic heterocycles. The van der Waals surface area contributed by atoms with E-state index in [0.29, 0.717) is 4.90 Å². The molecule has 0 radical (unpaired) electrons. The van der Waals surface area contributed by atoms with Gasteiger partial charge in [0.1, 0.15) is 5.75 Å². The zero-order valence-corrected chi connectivity index (χ0v) is 12.2. The Bertz CT molecular complexity index is 693. The fourth-order valence-electron chi connectivity index (χ4n) is 1.95. The molecule has 0 aliphatic rings. The number of ether oxygens (including phenoxy) is 1. The molecule has 2 rings (SSSR count). The average Bonchev–Trinajstić information content (AvgIpc) is 2.46. The third kappa shape index (κ3) is 3.18. The van der Waals surface area contributed by atoms with Crippen LogP contribution in [0.15, 0.2) is 53.4 Å². The van der Waals surface area contributed by atoms with E-state index in [0.717, 1.165) is 16.9 Å². The summed E-state index contributed by atoms with van der Waals surface area (Å²) in [5.41, 5.74) is 7.96. The number of hydrogen-bond acceptors (Lipinski definition) is 4. The molecule has 0 aliphatic carbocycles. The monoisotopic (exact) mass is 291 g/mol. The van der Waals surface area contributed by atoms with Crippen molar-refractivity contribution in [2.75, 3.05) is 13.4 Å². The molecule has 0 amide bonds. The van der Waals surface area contributed by atoms with Crippen molar-refractivity contribution in [3.63, 3.8) is 0 Å². The summed E-state index contributed by atoms with van der Waals surface area (Å²) in [6, 6.07) is 13.8. The summed E-state index contributed by atoms with van der Waals surface area (Å²) in [7, 11) is -1.58. The summed E-state index contributed by atoms with van der Waals surface area (Å²) in [5, 5.41) is 0. The van der Waals surface area contributed by atoms with Crippen molar-refractivity contribution in [3.8, 4) is 5.75 Å². The van der Waals surface area contributed by atoms with E-state index in [2.05, 4.69) is 0 Å². The molecule has 0 heterocycles. The van der Waals surface area contributed by atoms with E-state index >= 15 is 0 Å². The normalized spacial score (nSPS) is 12.9. The molecular formula is C15H17NO3S. The number of benzene rings is 2. The number of rotatable bonds is 4. The van der Waals surface area contributed by atoms with Crippen LogP contribution in [0.3, 0.4) is 0 Å². The van der Waals surface area contributed by atoms with Gasteiger partial charge in [-0.3, -0.25) is 0 Å². The minimum Gasteiger partial charge on any atom is -0.497 e. The highest BCUT2D eigenvalue weighted by Crippen LogP contribution is 2.24. The second kappa shape index (κ2) is 5.64. The number of nitrogens with two attached hydrogens (primary N) is 1. The van der Waals surface area contributed by atoms with Crippen molar-refractivity contribution < 1.29 is 13.2 Å². The topological polar surface area (TPSA) is 69.4 Å². The van der Waals surface area contributed by atoms with E-state index in [4.69, 9.17) is 10.5 Å². The first kappa shape index (κ1) is 14.6. The van der Waals surface area contributed by atoms with Crippen LogP contribution < -0.4 is 10.5 Å². The third-order valence-corrected chi connectivity index (χ3v) is 4.25. The molecular weight excluding hydrogens is 274 g/mol. The molecule has 2 aromatic rings. The minimum atomic E-state index is -3.18. The molecule has 0 aliphatic heterocycles. The predicted octanol–water partition coefficient (Wildman–Crippen LogP) is 2.15. The first-order valence-corrected chi connectivity index (χ1v) is 8.00. The molecule has 106 valence electrons. The molecule has 1 unspecified atom stereocenters. The summed E-state index contributed by atoms with van der Waals surface area (Å²) < 4.78 is 28.0. The van der Waals surface area contributed by atoms with Crippen LogP contribution in [0, 0.1) is 0 Å². The smallest absolute Gasteiger partial charge is 0.175 e. The fourth-order valence-corrected chi connectivity index (χ4v) is 2.58. The van der Waals surface area contributed by atoms with Crippen LogP contribution >= 0.6 is 0 Å². The standard InChI is InChI=1S/C15H17NO3S/c1-19-13-5-3-4-12(10-13)15(16)11-6-8-14(9-7-11)20(2,17)18/h3-10,15H,16H2,1-2H3. The lowest BCUT2D eigenvalue weighted by atomic mass is 9.99. The van der Waals surface area contributed by atoms with Gasteiger partial charge in [-0.1, -0.05) is 24.3 Å². The van der Waals surface area contributed by atoms with Gasteiger partial charge < -0.3 is 10.5 Å². The Morgan fingerprint density at radius 2 is 1.70 bits per heavy atom. The van der Waals surface area contributed by atoms with E-state index in [1.807, 2.05) is 24.3 Å². The number of sulfone groups is 1. The summed E-state index contributed by atoms with van der Waals surface area (Å²) in [4.78, 5) is 0.291. The van der Waals surface area contributed by atoms with Gasteiger partial charge in [-0.25, -0.2) is 8.42 Å². The van der Waals surface area contributed by atoms with Gasteiger partial charge >= 0.3 is 0 Å². The van der Waals surface area contributed by atoms with Crippen LogP contribution in [0.5, 0.6) is 5.75 Å². The molecule has 0 saturated heterocycles. The molecule has 20 heavy (non-hydrogen) atoms. The van der Waals surface area contributed by atoms with Crippen LogP contribution in [-0.2, 0) is 9.84 Å². The second-order valence-electron chi connectivity index (χ2n) is 4.60. The Balaban J connectivity index is 2.31. The molecule has 0 bridgehead atoms. The van der Waals surface area contributed by atoms with E-state index < -0.39 is 9.84 Å². The molecule has 0 spiro atoms. The van der Waals surface area contributed by atoms with Crippen molar-refractivity contribution in [2.45, 2.75) is 10.9 Å². The Morgan fingerprint density at radius 1 is 1.05 bits per heavy atom. The van der Waals surface area contributed by atoms with Crippen molar-refractivity contribution in [2.24, 2.45) is 5.73 Å². The number of hydrogen-bond donors (Lipinski definition) is 1. The molecule has 1 atom stereocenters. The second-order valence-corrected chi connectivity index (χ2v) is 6.61. The summed E-state index contributed by atoms with van der Waals surface area (Å²) in [6.07, 6.45) is 1.18. The maximum absolute atomic E-state index is 11.4. The maximum Gasteiger partial charge on any atom is 0.175 e. The zero-order chi connectivity index (χ0) is 14.8. The highest BCUT2D eigenvalue weighted by Gasteiger charge is 2.12. The zero-order valence-electron chi connectivity index (χ0n) is 11.4. The molecule has 2 N–H and O–H groups in total. The van der Waals surface area contributed by atoms with Crippen LogP contribution in [0.4, 0.5) is 0 Å². The van der Waals surface area contributed by atoms with E-state index in [-0.39, 0.29) is 6.04 Å². The van der Waals surface area contributed by atoms with Gasteiger partial charge in [0.05, 0.1) is 18.0 Å². The van der Waals surface area contributed by atoms with Crippen LogP contribution in [0.2, 0.25) is 0 Å². The summed E-state index contributed by atoms with van der Waals surface area (Å²) in [5.74, 6) is 0.741. The quantitative estimate of drug-likeness (QED) is 0.937. The fraction of sp³-hybridized carbons (Fsp3) is 0.200. The van der Waals surface area contributed by atoms with Crippen LogP contribution in [0.1, 0.15) is 17.2 Å². The molecule has 0 fully saturated rings. The Labute approximate surface area is 119 Å². The highest BCUT2D eigenvalue weighted by molar-refractivity contribution is 7.90. The maximum atomic E-state index is 11.4. The van der Waals surface area contributed by atoms with Crippen molar-refractivity contribution in [1.29, 1.82) is 0 Å². The van der Waals surface area contributed by atoms with Crippen LogP contribution in [-0.4, -0.2) is 21.8 Å². The highest BCUT2D eigenvalue weighted by atomic mass is 32.2. The largest absolute Gasteiger partial charge is 0.497 e. The Hall–Kier alpha value is -1.85. The van der Waals surface area contributed by atoms with E-state index in [1.54, 1.807) is 31.4 Å².